The monoisotopic (exact) mass is 456 g/mol. The molecule has 3 aromatic rings. The van der Waals surface area contributed by atoms with E-state index in [1.807, 2.05) is 13.0 Å². The zero-order chi connectivity index (χ0) is 22.7. The Morgan fingerprint density at radius 3 is 3.00 bits per heavy atom. The third-order valence-electron chi connectivity index (χ3n) is 5.82. The molecule has 168 valence electrons. The van der Waals surface area contributed by atoms with Crippen molar-refractivity contribution in [2.45, 2.75) is 39.2 Å². The average molecular weight is 457 g/mol. The van der Waals surface area contributed by atoms with Gasteiger partial charge in [0.15, 0.2) is 5.82 Å². The predicted molar refractivity (Wildman–Crippen MR) is 125 cm³/mol. The predicted octanol–water partition coefficient (Wildman–Crippen LogP) is 4.94. The molecule has 0 radical (unpaired) electrons. The van der Waals surface area contributed by atoms with Gasteiger partial charge in [0.2, 0.25) is 5.91 Å². The van der Waals surface area contributed by atoms with E-state index in [4.69, 9.17) is 11.6 Å². The van der Waals surface area contributed by atoms with Crippen LogP contribution in [0.5, 0.6) is 0 Å². The van der Waals surface area contributed by atoms with Crippen LogP contribution in [0.15, 0.2) is 42.9 Å². The molecular formula is C23H26ClFN6O. The number of hydrogen-bond acceptors (Lipinski definition) is 5. The molecule has 1 unspecified atom stereocenters. The lowest BCUT2D eigenvalue weighted by atomic mass is 10.0. The van der Waals surface area contributed by atoms with Crippen molar-refractivity contribution in [1.29, 1.82) is 0 Å². The number of carbonyl (C=O) groups is 1. The number of anilines is 3. The Hall–Kier alpha value is -2.97. The zero-order valence-corrected chi connectivity index (χ0v) is 18.9. The van der Waals surface area contributed by atoms with Gasteiger partial charge in [-0.3, -0.25) is 9.69 Å². The average Bonchev–Trinajstić information content (AvgIpc) is 3.08. The molecule has 3 heterocycles. The van der Waals surface area contributed by atoms with Crippen molar-refractivity contribution in [2.75, 3.05) is 23.7 Å². The van der Waals surface area contributed by atoms with Crippen LogP contribution in [-0.4, -0.2) is 44.5 Å². The van der Waals surface area contributed by atoms with Crippen molar-refractivity contribution < 1.29 is 9.18 Å². The smallest absolute Gasteiger partial charge is 0.248 e. The van der Waals surface area contributed by atoms with Crippen LogP contribution in [0.1, 0.15) is 31.7 Å². The number of rotatable bonds is 6. The van der Waals surface area contributed by atoms with E-state index in [0.717, 1.165) is 18.7 Å². The van der Waals surface area contributed by atoms with Crippen molar-refractivity contribution in [3.63, 3.8) is 0 Å². The van der Waals surface area contributed by atoms with Crippen LogP contribution in [-0.2, 0) is 4.79 Å². The maximum Gasteiger partial charge on any atom is 0.248 e. The Balaban J connectivity index is 1.48. The normalized spacial score (nSPS) is 17.2. The molecular weight excluding hydrogens is 431 g/mol. The van der Waals surface area contributed by atoms with Gasteiger partial charge in [0.1, 0.15) is 17.7 Å². The Morgan fingerprint density at radius 1 is 1.38 bits per heavy atom. The number of halogens is 2. The standard InChI is InChI=1S/C23H26ClFN6O/c1-15-6-3-4-10-30(15)11-5-7-21(32)29-20-13-31-22(16(20)2)23(26-14-27-31)28-17-8-9-19(25)18(24)12-17/h5,7-9,12-15H,3-4,6,10-11H2,1-2H3,(H,29,32)(H,26,27,28)/b7-5+. The molecule has 2 aromatic heterocycles. The number of aromatic nitrogens is 3. The molecule has 1 saturated heterocycles. The van der Waals surface area contributed by atoms with Crippen LogP contribution in [0.25, 0.3) is 5.52 Å². The maximum absolute atomic E-state index is 13.5. The lowest BCUT2D eigenvalue weighted by Gasteiger charge is -2.32. The van der Waals surface area contributed by atoms with Gasteiger partial charge in [-0.15, -0.1) is 0 Å². The Labute approximate surface area is 191 Å². The quantitative estimate of drug-likeness (QED) is 0.514. The minimum absolute atomic E-state index is 0.0193. The van der Waals surface area contributed by atoms with Gasteiger partial charge in [-0.05, 0) is 51.4 Å². The number of nitrogens with one attached hydrogen (secondary N) is 2. The molecule has 2 N–H and O–H groups in total. The number of aryl methyl sites for hydroxylation is 1. The van der Waals surface area contributed by atoms with Crippen molar-refractivity contribution in [2.24, 2.45) is 0 Å². The minimum Gasteiger partial charge on any atom is -0.338 e. The van der Waals surface area contributed by atoms with E-state index in [-0.39, 0.29) is 10.9 Å². The van der Waals surface area contributed by atoms with Gasteiger partial charge in [0.25, 0.3) is 0 Å². The van der Waals surface area contributed by atoms with E-state index in [0.29, 0.717) is 28.8 Å². The number of likely N-dealkylation sites (tertiary alicyclic amines) is 1. The second-order valence-electron chi connectivity index (χ2n) is 8.05. The van der Waals surface area contributed by atoms with E-state index in [1.54, 1.807) is 22.9 Å². The molecule has 32 heavy (non-hydrogen) atoms. The molecule has 0 aliphatic carbocycles. The molecule has 1 fully saturated rings. The van der Waals surface area contributed by atoms with Crippen LogP contribution in [0, 0.1) is 12.7 Å². The first kappa shape index (κ1) is 22.2. The third kappa shape index (κ3) is 4.92. The van der Waals surface area contributed by atoms with Crippen LogP contribution < -0.4 is 10.6 Å². The summed E-state index contributed by atoms with van der Waals surface area (Å²) < 4.78 is 15.1. The molecule has 1 amide bonds. The number of carbonyl (C=O) groups excluding carboxylic acids is 1. The molecule has 1 aliphatic rings. The molecule has 1 atom stereocenters. The number of fused-ring (bicyclic) bond motifs is 1. The van der Waals surface area contributed by atoms with E-state index < -0.39 is 5.82 Å². The molecule has 0 saturated carbocycles. The van der Waals surface area contributed by atoms with Gasteiger partial charge in [-0.25, -0.2) is 13.9 Å². The molecule has 9 heteroatoms. The second kappa shape index (κ2) is 9.67. The van der Waals surface area contributed by atoms with Crippen LogP contribution >= 0.6 is 11.6 Å². The molecule has 1 aromatic carbocycles. The molecule has 0 spiro atoms. The van der Waals surface area contributed by atoms with Crippen molar-refractivity contribution >= 4 is 40.2 Å². The highest BCUT2D eigenvalue weighted by molar-refractivity contribution is 6.31. The number of piperidine rings is 1. The molecule has 7 nitrogen and oxygen atoms in total. The van der Waals surface area contributed by atoms with Crippen LogP contribution in [0.3, 0.4) is 0 Å². The molecule has 1 aliphatic heterocycles. The minimum atomic E-state index is -0.489. The van der Waals surface area contributed by atoms with Gasteiger partial charge < -0.3 is 10.6 Å². The number of nitrogens with zero attached hydrogens (tertiary/aromatic N) is 4. The Morgan fingerprint density at radius 2 is 2.22 bits per heavy atom. The van der Waals surface area contributed by atoms with Crippen LogP contribution in [0.4, 0.5) is 21.6 Å². The first-order chi connectivity index (χ1) is 15.4. The first-order valence-electron chi connectivity index (χ1n) is 10.7. The fourth-order valence-corrected chi connectivity index (χ4v) is 4.17. The molecule has 0 bridgehead atoms. The van der Waals surface area contributed by atoms with Crippen LogP contribution in [0.2, 0.25) is 5.02 Å². The topological polar surface area (TPSA) is 74.6 Å². The Kier molecular flexibility index (Phi) is 6.72. The summed E-state index contributed by atoms with van der Waals surface area (Å²) in [6, 6.07) is 4.91. The fourth-order valence-electron chi connectivity index (χ4n) is 3.99. The lowest BCUT2D eigenvalue weighted by molar-refractivity contribution is -0.111. The van der Waals surface area contributed by atoms with Gasteiger partial charge in [-0.2, -0.15) is 5.10 Å². The summed E-state index contributed by atoms with van der Waals surface area (Å²) >= 11 is 5.88. The number of amides is 1. The summed E-state index contributed by atoms with van der Waals surface area (Å²) in [5.74, 6) is -0.159. The number of hydrogen-bond donors (Lipinski definition) is 2. The summed E-state index contributed by atoms with van der Waals surface area (Å²) in [6.45, 7) is 5.96. The van der Waals surface area contributed by atoms with Crippen molar-refractivity contribution in [3.8, 4) is 0 Å². The van der Waals surface area contributed by atoms with Gasteiger partial charge in [0.05, 0.1) is 16.9 Å². The number of benzene rings is 1. The van der Waals surface area contributed by atoms with Crippen molar-refractivity contribution in [3.05, 3.63) is 59.3 Å². The largest absolute Gasteiger partial charge is 0.338 e. The van der Waals surface area contributed by atoms with E-state index in [1.165, 1.54) is 37.7 Å². The SMILES string of the molecule is Cc1c(NC(=O)/C=C/CN2CCCCC2C)cn2ncnc(Nc3ccc(F)c(Cl)c3)c12. The summed E-state index contributed by atoms with van der Waals surface area (Å²) in [5, 5.41) is 10.3. The van der Waals surface area contributed by atoms with Gasteiger partial charge in [-0.1, -0.05) is 24.1 Å². The van der Waals surface area contributed by atoms with Gasteiger partial charge in [0, 0.05) is 29.9 Å². The summed E-state index contributed by atoms with van der Waals surface area (Å²) in [4.78, 5) is 19.2. The molecule has 4 rings (SSSR count). The highest BCUT2D eigenvalue weighted by Crippen LogP contribution is 2.29. The third-order valence-corrected chi connectivity index (χ3v) is 6.11. The summed E-state index contributed by atoms with van der Waals surface area (Å²) in [6.07, 6.45) is 10.3. The van der Waals surface area contributed by atoms with Crippen molar-refractivity contribution in [1.82, 2.24) is 19.5 Å². The Bertz CT molecular complexity index is 1160. The lowest BCUT2D eigenvalue weighted by Crippen LogP contribution is -2.37. The van der Waals surface area contributed by atoms with E-state index in [2.05, 4.69) is 32.5 Å². The summed E-state index contributed by atoms with van der Waals surface area (Å²) in [7, 11) is 0. The maximum atomic E-state index is 13.5. The zero-order valence-electron chi connectivity index (χ0n) is 18.1. The van der Waals surface area contributed by atoms with E-state index in [9.17, 15) is 9.18 Å². The second-order valence-corrected chi connectivity index (χ2v) is 8.46. The first-order valence-corrected chi connectivity index (χ1v) is 11.1. The highest BCUT2D eigenvalue weighted by atomic mass is 35.5. The summed E-state index contributed by atoms with van der Waals surface area (Å²) in [5.41, 5.74) is 2.76. The van der Waals surface area contributed by atoms with E-state index >= 15 is 0 Å². The fraction of sp³-hybridized carbons (Fsp3) is 0.348. The van der Waals surface area contributed by atoms with Gasteiger partial charge >= 0.3 is 0 Å². The highest BCUT2D eigenvalue weighted by Gasteiger charge is 2.17.